The van der Waals surface area contributed by atoms with E-state index in [1.54, 1.807) is 0 Å². The fourth-order valence-corrected chi connectivity index (χ4v) is 4.43. The minimum absolute atomic E-state index is 0. The molecule has 1 aliphatic heterocycles. The second-order valence-corrected chi connectivity index (χ2v) is 6.68. The van der Waals surface area contributed by atoms with Crippen LogP contribution in [0.15, 0.2) is 0 Å². The van der Waals surface area contributed by atoms with E-state index in [0.717, 1.165) is 43.7 Å². The molecule has 0 radical (unpaired) electrons. The second-order valence-electron chi connectivity index (χ2n) is 6.68. The molecule has 19 heavy (non-hydrogen) atoms. The van der Waals surface area contributed by atoms with Crippen LogP contribution in [0, 0.1) is 23.7 Å². The Hall–Kier alpha value is -0.280. The van der Waals surface area contributed by atoms with E-state index in [9.17, 15) is 4.79 Å². The number of carbonyl (C=O) groups excluding carboxylic acids is 1. The summed E-state index contributed by atoms with van der Waals surface area (Å²) in [4.78, 5) is 12.2. The van der Waals surface area contributed by atoms with Gasteiger partial charge in [0.25, 0.3) is 0 Å². The molecule has 0 aromatic rings. The lowest BCUT2D eigenvalue weighted by Gasteiger charge is -2.30. The first-order valence-corrected chi connectivity index (χ1v) is 7.75. The molecule has 110 valence electrons. The van der Waals surface area contributed by atoms with Crippen LogP contribution in [0.1, 0.15) is 45.4 Å². The molecule has 4 heteroatoms. The van der Waals surface area contributed by atoms with Crippen LogP contribution in [-0.2, 0) is 4.79 Å². The summed E-state index contributed by atoms with van der Waals surface area (Å²) in [6.07, 6.45) is 7.82. The van der Waals surface area contributed by atoms with Crippen LogP contribution in [0.4, 0.5) is 0 Å². The van der Waals surface area contributed by atoms with E-state index < -0.39 is 0 Å². The molecule has 5 unspecified atom stereocenters. The molecule has 2 bridgehead atoms. The van der Waals surface area contributed by atoms with Crippen LogP contribution in [0.3, 0.4) is 0 Å². The van der Waals surface area contributed by atoms with Crippen LogP contribution in [0.2, 0.25) is 0 Å². The summed E-state index contributed by atoms with van der Waals surface area (Å²) in [5.41, 5.74) is 0. The van der Waals surface area contributed by atoms with Gasteiger partial charge in [-0.1, -0.05) is 6.42 Å². The van der Waals surface area contributed by atoms with Crippen LogP contribution >= 0.6 is 12.4 Å². The Labute approximate surface area is 122 Å². The SMILES string of the molecule is CC(NC(=O)C1CCCNC1)C1CC2CCC1C2.Cl. The van der Waals surface area contributed by atoms with Gasteiger partial charge in [0.1, 0.15) is 0 Å². The number of hydrogen-bond acceptors (Lipinski definition) is 2. The van der Waals surface area contributed by atoms with Crippen molar-refractivity contribution in [1.82, 2.24) is 10.6 Å². The van der Waals surface area contributed by atoms with Crippen molar-refractivity contribution >= 4 is 18.3 Å². The van der Waals surface area contributed by atoms with E-state index >= 15 is 0 Å². The third-order valence-electron chi connectivity index (χ3n) is 5.47. The molecule has 3 rings (SSSR count). The number of hydrogen-bond donors (Lipinski definition) is 2. The molecular formula is C15H27ClN2O. The highest BCUT2D eigenvalue weighted by Gasteiger charge is 2.42. The van der Waals surface area contributed by atoms with Gasteiger partial charge in [0.15, 0.2) is 0 Å². The number of fused-ring (bicyclic) bond motifs is 2. The van der Waals surface area contributed by atoms with Gasteiger partial charge in [0, 0.05) is 12.6 Å². The molecule has 0 spiro atoms. The van der Waals surface area contributed by atoms with E-state index in [1.165, 1.54) is 25.7 Å². The average Bonchev–Trinajstić information content (AvgIpc) is 3.02. The van der Waals surface area contributed by atoms with Crippen molar-refractivity contribution in [2.75, 3.05) is 13.1 Å². The largest absolute Gasteiger partial charge is 0.353 e. The molecule has 3 aliphatic rings. The van der Waals surface area contributed by atoms with Gasteiger partial charge >= 0.3 is 0 Å². The van der Waals surface area contributed by atoms with Crippen LogP contribution in [-0.4, -0.2) is 25.0 Å². The molecule has 2 saturated carbocycles. The summed E-state index contributed by atoms with van der Waals surface area (Å²) < 4.78 is 0. The molecule has 2 N–H and O–H groups in total. The summed E-state index contributed by atoms with van der Waals surface area (Å²) in [5.74, 6) is 3.12. The topological polar surface area (TPSA) is 41.1 Å². The first-order valence-electron chi connectivity index (χ1n) is 7.75. The Morgan fingerprint density at radius 3 is 2.68 bits per heavy atom. The minimum Gasteiger partial charge on any atom is -0.353 e. The maximum absolute atomic E-state index is 12.2. The maximum atomic E-state index is 12.2. The summed E-state index contributed by atoms with van der Waals surface area (Å²) in [6.45, 7) is 4.17. The molecule has 0 aromatic heterocycles. The molecule has 5 atom stereocenters. The van der Waals surface area contributed by atoms with Crippen molar-refractivity contribution in [3.8, 4) is 0 Å². The Morgan fingerprint density at radius 2 is 2.11 bits per heavy atom. The number of rotatable bonds is 3. The van der Waals surface area contributed by atoms with Crippen molar-refractivity contribution in [3.63, 3.8) is 0 Å². The van der Waals surface area contributed by atoms with Gasteiger partial charge in [-0.05, 0) is 63.3 Å². The number of halogens is 1. The van der Waals surface area contributed by atoms with Gasteiger partial charge in [-0.3, -0.25) is 4.79 Å². The molecule has 1 heterocycles. The third kappa shape index (κ3) is 3.25. The zero-order valence-electron chi connectivity index (χ0n) is 11.9. The Bertz CT molecular complexity index is 317. The lowest BCUT2D eigenvalue weighted by atomic mass is 9.83. The van der Waals surface area contributed by atoms with Crippen molar-refractivity contribution < 1.29 is 4.79 Å². The van der Waals surface area contributed by atoms with E-state index in [4.69, 9.17) is 0 Å². The van der Waals surface area contributed by atoms with Gasteiger partial charge in [0.2, 0.25) is 5.91 Å². The first-order chi connectivity index (χ1) is 8.74. The minimum atomic E-state index is 0. The van der Waals surface area contributed by atoms with E-state index in [1.807, 2.05) is 0 Å². The quantitative estimate of drug-likeness (QED) is 0.836. The molecule has 1 saturated heterocycles. The summed E-state index contributed by atoms with van der Waals surface area (Å²) >= 11 is 0. The number of piperidine rings is 1. The highest BCUT2D eigenvalue weighted by atomic mass is 35.5. The first kappa shape index (κ1) is 15.1. The molecule has 0 aromatic carbocycles. The summed E-state index contributed by atoms with van der Waals surface area (Å²) in [5, 5.41) is 6.62. The monoisotopic (exact) mass is 286 g/mol. The fourth-order valence-electron chi connectivity index (χ4n) is 4.43. The van der Waals surface area contributed by atoms with Gasteiger partial charge < -0.3 is 10.6 Å². The van der Waals surface area contributed by atoms with Gasteiger partial charge in [-0.15, -0.1) is 12.4 Å². The van der Waals surface area contributed by atoms with Crippen LogP contribution in [0.5, 0.6) is 0 Å². The fraction of sp³-hybridized carbons (Fsp3) is 0.933. The standard InChI is InChI=1S/C15H26N2O.ClH/c1-10(14-8-11-4-5-12(14)7-11)17-15(18)13-3-2-6-16-9-13;/h10-14,16H,2-9H2,1H3,(H,17,18);1H. The predicted molar refractivity (Wildman–Crippen MR) is 79.4 cm³/mol. The normalized spacial score (nSPS) is 38.6. The number of nitrogens with one attached hydrogen (secondary N) is 2. The molecule has 3 nitrogen and oxygen atoms in total. The van der Waals surface area contributed by atoms with E-state index in [0.29, 0.717) is 6.04 Å². The summed E-state index contributed by atoms with van der Waals surface area (Å²) in [6, 6.07) is 0.384. The Kier molecular flexibility index (Phi) is 5.13. The number of amides is 1. The van der Waals surface area contributed by atoms with Crippen molar-refractivity contribution in [2.45, 2.75) is 51.5 Å². The van der Waals surface area contributed by atoms with Crippen LogP contribution < -0.4 is 10.6 Å². The second kappa shape index (κ2) is 6.45. The van der Waals surface area contributed by atoms with E-state index in [-0.39, 0.29) is 24.2 Å². The van der Waals surface area contributed by atoms with Crippen molar-refractivity contribution in [3.05, 3.63) is 0 Å². The Balaban J connectivity index is 0.00000133. The molecule has 1 amide bonds. The third-order valence-corrected chi connectivity index (χ3v) is 5.47. The highest BCUT2D eigenvalue weighted by Crippen LogP contribution is 2.49. The zero-order valence-corrected chi connectivity index (χ0v) is 12.7. The van der Waals surface area contributed by atoms with Crippen molar-refractivity contribution in [1.29, 1.82) is 0 Å². The number of carbonyl (C=O) groups is 1. The van der Waals surface area contributed by atoms with Gasteiger partial charge in [0.05, 0.1) is 5.92 Å². The van der Waals surface area contributed by atoms with Crippen LogP contribution in [0.25, 0.3) is 0 Å². The van der Waals surface area contributed by atoms with Gasteiger partial charge in [-0.2, -0.15) is 0 Å². The maximum Gasteiger partial charge on any atom is 0.224 e. The lowest BCUT2D eigenvalue weighted by Crippen LogP contribution is -2.46. The lowest BCUT2D eigenvalue weighted by molar-refractivity contribution is -0.126. The van der Waals surface area contributed by atoms with Gasteiger partial charge in [-0.25, -0.2) is 0 Å². The average molecular weight is 287 g/mol. The zero-order chi connectivity index (χ0) is 12.5. The smallest absolute Gasteiger partial charge is 0.224 e. The molecular weight excluding hydrogens is 260 g/mol. The Morgan fingerprint density at radius 1 is 1.26 bits per heavy atom. The molecule has 3 fully saturated rings. The van der Waals surface area contributed by atoms with E-state index in [2.05, 4.69) is 17.6 Å². The van der Waals surface area contributed by atoms with Crippen molar-refractivity contribution in [2.24, 2.45) is 23.7 Å². The predicted octanol–water partition coefficient (Wildman–Crippen LogP) is 2.35. The molecule has 2 aliphatic carbocycles. The highest BCUT2D eigenvalue weighted by molar-refractivity contribution is 5.85. The summed E-state index contributed by atoms with van der Waals surface area (Å²) in [7, 11) is 0.